The minimum atomic E-state index is 0.319. The second-order valence-electron chi connectivity index (χ2n) is 6.45. The first kappa shape index (κ1) is 16.5. The van der Waals surface area contributed by atoms with Gasteiger partial charge in [-0.15, -0.1) is 11.3 Å². The molecule has 3 aromatic rings. The lowest BCUT2D eigenvalue weighted by Crippen LogP contribution is -2.41. The first-order chi connectivity index (χ1) is 12.3. The molecule has 5 heteroatoms. The third kappa shape index (κ3) is 3.68. The average molecular weight is 353 g/mol. The van der Waals surface area contributed by atoms with Gasteiger partial charge in [-0.2, -0.15) is 0 Å². The number of morpholine rings is 1. The highest BCUT2D eigenvalue weighted by atomic mass is 32.1. The van der Waals surface area contributed by atoms with E-state index in [1.54, 1.807) is 11.3 Å². The summed E-state index contributed by atoms with van der Waals surface area (Å²) in [5.74, 6) is 0.977. The summed E-state index contributed by atoms with van der Waals surface area (Å²) in [5.41, 5.74) is 2.65. The number of rotatable bonds is 5. The molecular weight excluding hydrogens is 330 g/mol. The largest absolute Gasteiger partial charge is 0.379 e. The van der Waals surface area contributed by atoms with Gasteiger partial charge >= 0.3 is 0 Å². The standard InChI is InChI=1S/C20H23N3OS/c1-15-3-2-4-16(13-15)18(23-8-10-24-11-9-23)14-22-20-17-6-12-25-19(17)5-7-21-20/h2-7,12-13,18H,8-11,14H2,1H3,(H,21,22). The number of nitrogens with zero attached hydrogens (tertiary/aromatic N) is 2. The predicted molar refractivity (Wildman–Crippen MR) is 104 cm³/mol. The van der Waals surface area contributed by atoms with Crippen LogP contribution in [0.3, 0.4) is 0 Å². The third-order valence-corrected chi connectivity index (χ3v) is 5.64. The Hall–Kier alpha value is -1.95. The van der Waals surface area contributed by atoms with Crippen LogP contribution in [-0.2, 0) is 4.74 Å². The number of pyridine rings is 1. The monoisotopic (exact) mass is 353 g/mol. The summed E-state index contributed by atoms with van der Waals surface area (Å²) in [5, 5.41) is 6.93. The minimum absolute atomic E-state index is 0.319. The van der Waals surface area contributed by atoms with Gasteiger partial charge in [-0.25, -0.2) is 4.98 Å². The van der Waals surface area contributed by atoms with Gasteiger partial charge in [0.15, 0.2) is 0 Å². The topological polar surface area (TPSA) is 37.4 Å². The van der Waals surface area contributed by atoms with Gasteiger partial charge in [-0.1, -0.05) is 29.8 Å². The van der Waals surface area contributed by atoms with E-state index in [1.165, 1.54) is 21.2 Å². The Balaban J connectivity index is 1.58. The molecule has 0 aliphatic carbocycles. The van der Waals surface area contributed by atoms with E-state index in [2.05, 4.69) is 63.9 Å². The highest BCUT2D eigenvalue weighted by Gasteiger charge is 2.23. The molecule has 0 spiro atoms. The fraction of sp³-hybridized carbons (Fsp3) is 0.350. The smallest absolute Gasteiger partial charge is 0.134 e. The molecule has 4 nitrogen and oxygen atoms in total. The van der Waals surface area contributed by atoms with Crippen LogP contribution in [0.15, 0.2) is 48.0 Å². The van der Waals surface area contributed by atoms with Gasteiger partial charge in [0.2, 0.25) is 0 Å². The summed E-state index contributed by atoms with van der Waals surface area (Å²) in [4.78, 5) is 7.07. The second-order valence-corrected chi connectivity index (χ2v) is 7.40. The highest BCUT2D eigenvalue weighted by Crippen LogP contribution is 2.28. The molecule has 3 heterocycles. The SMILES string of the molecule is Cc1cccc(C(CNc2nccc3sccc23)N2CCOCC2)c1. The Morgan fingerprint density at radius 3 is 2.96 bits per heavy atom. The highest BCUT2D eigenvalue weighted by molar-refractivity contribution is 7.17. The fourth-order valence-electron chi connectivity index (χ4n) is 3.45. The number of thiophene rings is 1. The lowest BCUT2D eigenvalue weighted by molar-refractivity contribution is 0.0187. The van der Waals surface area contributed by atoms with Crippen molar-refractivity contribution in [3.8, 4) is 0 Å². The Labute approximate surface area is 152 Å². The van der Waals surface area contributed by atoms with Crippen molar-refractivity contribution in [2.45, 2.75) is 13.0 Å². The van der Waals surface area contributed by atoms with Crippen LogP contribution >= 0.6 is 11.3 Å². The van der Waals surface area contributed by atoms with Crippen LogP contribution < -0.4 is 5.32 Å². The van der Waals surface area contributed by atoms with Crippen LogP contribution in [0.5, 0.6) is 0 Å². The number of aryl methyl sites for hydroxylation is 1. The molecule has 0 radical (unpaired) electrons. The van der Waals surface area contributed by atoms with Crippen molar-refractivity contribution in [3.63, 3.8) is 0 Å². The van der Waals surface area contributed by atoms with Crippen molar-refractivity contribution >= 4 is 27.2 Å². The molecule has 1 N–H and O–H groups in total. The van der Waals surface area contributed by atoms with Gasteiger partial charge in [0, 0.05) is 35.9 Å². The molecule has 1 aromatic carbocycles. The molecule has 1 fully saturated rings. The molecule has 4 rings (SSSR count). The molecule has 0 bridgehead atoms. The van der Waals surface area contributed by atoms with E-state index in [1.807, 2.05) is 6.20 Å². The molecule has 1 aliphatic heterocycles. The third-order valence-electron chi connectivity index (χ3n) is 4.76. The van der Waals surface area contributed by atoms with Crippen LogP contribution in [0, 0.1) is 6.92 Å². The van der Waals surface area contributed by atoms with Crippen molar-refractivity contribution in [2.24, 2.45) is 0 Å². The zero-order valence-corrected chi connectivity index (χ0v) is 15.3. The summed E-state index contributed by atoms with van der Waals surface area (Å²) in [7, 11) is 0. The molecular formula is C20H23N3OS. The number of aromatic nitrogens is 1. The van der Waals surface area contributed by atoms with Crippen molar-refractivity contribution < 1.29 is 4.74 Å². The number of benzene rings is 1. The number of ether oxygens (including phenoxy) is 1. The maximum atomic E-state index is 5.55. The van der Waals surface area contributed by atoms with Gasteiger partial charge in [0.25, 0.3) is 0 Å². The number of hydrogen-bond acceptors (Lipinski definition) is 5. The van der Waals surface area contributed by atoms with Crippen molar-refractivity contribution in [1.82, 2.24) is 9.88 Å². The first-order valence-corrected chi connectivity index (χ1v) is 9.64. The van der Waals surface area contributed by atoms with E-state index in [0.29, 0.717) is 6.04 Å². The molecule has 130 valence electrons. The van der Waals surface area contributed by atoms with Crippen LogP contribution in [0.2, 0.25) is 0 Å². The zero-order chi connectivity index (χ0) is 17.1. The molecule has 0 amide bonds. The Morgan fingerprint density at radius 1 is 1.24 bits per heavy atom. The minimum Gasteiger partial charge on any atom is -0.379 e. The average Bonchev–Trinajstić information content (AvgIpc) is 3.12. The van der Waals surface area contributed by atoms with Crippen molar-refractivity contribution in [3.05, 3.63) is 59.1 Å². The normalized spacial score (nSPS) is 16.8. The molecule has 2 aromatic heterocycles. The molecule has 1 aliphatic rings. The summed E-state index contributed by atoms with van der Waals surface area (Å²) in [6.07, 6.45) is 1.89. The van der Waals surface area contributed by atoms with Gasteiger partial charge in [0.05, 0.1) is 19.3 Å². The van der Waals surface area contributed by atoms with Crippen molar-refractivity contribution in [2.75, 3.05) is 38.2 Å². The number of anilines is 1. The molecule has 1 unspecified atom stereocenters. The maximum absolute atomic E-state index is 5.55. The predicted octanol–water partition coefficient (Wildman–Crippen LogP) is 4.09. The zero-order valence-electron chi connectivity index (χ0n) is 14.4. The molecule has 0 saturated carbocycles. The van der Waals surface area contributed by atoms with Crippen LogP contribution in [-0.4, -0.2) is 42.7 Å². The van der Waals surface area contributed by atoms with Crippen LogP contribution in [0.4, 0.5) is 5.82 Å². The van der Waals surface area contributed by atoms with Gasteiger partial charge in [-0.05, 0) is 30.0 Å². The first-order valence-electron chi connectivity index (χ1n) is 8.76. The summed E-state index contributed by atoms with van der Waals surface area (Å²) in [6, 6.07) is 13.4. The Kier molecular flexibility index (Phi) is 4.97. The van der Waals surface area contributed by atoms with Crippen LogP contribution in [0.25, 0.3) is 10.1 Å². The molecule has 1 atom stereocenters. The van der Waals surface area contributed by atoms with Crippen LogP contribution in [0.1, 0.15) is 17.2 Å². The fourth-order valence-corrected chi connectivity index (χ4v) is 4.24. The number of fused-ring (bicyclic) bond motifs is 1. The van der Waals surface area contributed by atoms with E-state index in [4.69, 9.17) is 4.74 Å². The molecule has 1 saturated heterocycles. The van der Waals surface area contributed by atoms with E-state index >= 15 is 0 Å². The van der Waals surface area contributed by atoms with Crippen molar-refractivity contribution in [1.29, 1.82) is 0 Å². The second kappa shape index (κ2) is 7.52. The lowest BCUT2D eigenvalue weighted by Gasteiger charge is -2.35. The van der Waals surface area contributed by atoms with E-state index in [-0.39, 0.29) is 0 Å². The maximum Gasteiger partial charge on any atom is 0.134 e. The van der Waals surface area contributed by atoms with Gasteiger partial charge in [-0.3, -0.25) is 4.90 Å². The summed E-state index contributed by atoms with van der Waals surface area (Å²) in [6.45, 7) is 6.54. The number of hydrogen-bond donors (Lipinski definition) is 1. The van der Waals surface area contributed by atoms with E-state index in [0.717, 1.165) is 38.7 Å². The Bertz CT molecular complexity index is 842. The molecule has 25 heavy (non-hydrogen) atoms. The van der Waals surface area contributed by atoms with E-state index in [9.17, 15) is 0 Å². The van der Waals surface area contributed by atoms with E-state index < -0.39 is 0 Å². The quantitative estimate of drug-likeness (QED) is 0.750. The van der Waals surface area contributed by atoms with Gasteiger partial charge in [0.1, 0.15) is 5.82 Å². The lowest BCUT2D eigenvalue weighted by atomic mass is 10.0. The Morgan fingerprint density at radius 2 is 2.12 bits per heavy atom. The van der Waals surface area contributed by atoms with Gasteiger partial charge < -0.3 is 10.1 Å². The summed E-state index contributed by atoms with van der Waals surface area (Å²) >= 11 is 1.76. The summed E-state index contributed by atoms with van der Waals surface area (Å²) < 4.78 is 6.82. The number of nitrogens with one attached hydrogen (secondary N) is 1.